The molecule has 0 aromatic carbocycles. The van der Waals surface area contributed by atoms with Crippen LogP contribution in [0, 0.1) is 0 Å². The summed E-state index contributed by atoms with van der Waals surface area (Å²) < 4.78 is 4.89. The van der Waals surface area contributed by atoms with Gasteiger partial charge in [-0.05, 0) is 6.42 Å². The molecule has 92 valence electrons. The molecule has 0 aliphatic carbocycles. The molecule has 1 fully saturated rings. The highest BCUT2D eigenvalue weighted by molar-refractivity contribution is 5.90. The van der Waals surface area contributed by atoms with Crippen LogP contribution in [0.1, 0.15) is 12.8 Å². The van der Waals surface area contributed by atoms with Crippen molar-refractivity contribution in [3.05, 3.63) is 0 Å². The van der Waals surface area contributed by atoms with E-state index in [9.17, 15) is 9.59 Å². The molecule has 1 heterocycles. The lowest BCUT2D eigenvalue weighted by atomic mass is 10.2. The van der Waals surface area contributed by atoms with Gasteiger partial charge in [-0.3, -0.25) is 9.59 Å². The Morgan fingerprint density at radius 2 is 2.38 bits per heavy atom. The second-order valence-electron chi connectivity index (χ2n) is 3.70. The second-order valence-corrected chi connectivity index (χ2v) is 3.70. The number of hydrogen-bond donors (Lipinski definition) is 2. The third kappa shape index (κ3) is 3.46. The molecule has 0 aromatic rings. The summed E-state index contributed by atoms with van der Waals surface area (Å²) in [6, 6.07) is -0.434. The maximum absolute atomic E-state index is 11.9. The Kier molecular flexibility index (Phi) is 5.21. The zero-order valence-corrected chi connectivity index (χ0v) is 9.44. The van der Waals surface area contributed by atoms with E-state index in [-0.39, 0.29) is 25.0 Å². The van der Waals surface area contributed by atoms with Crippen LogP contribution in [0.2, 0.25) is 0 Å². The minimum atomic E-state index is -0.434. The normalized spacial score (nSPS) is 19.6. The van der Waals surface area contributed by atoms with Crippen LogP contribution in [-0.2, 0) is 14.3 Å². The molecule has 2 N–H and O–H groups in total. The largest absolute Gasteiger partial charge is 0.395 e. The van der Waals surface area contributed by atoms with Gasteiger partial charge in [-0.25, -0.2) is 0 Å². The molecule has 6 heteroatoms. The van der Waals surface area contributed by atoms with Gasteiger partial charge < -0.3 is 20.1 Å². The number of rotatable bonds is 6. The zero-order valence-electron chi connectivity index (χ0n) is 9.44. The smallest absolute Gasteiger partial charge is 0.245 e. The van der Waals surface area contributed by atoms with Gasteiger partial charge in [-0.1, -0.05) is 0 Å². The first-order valence-electron chi connectivity index (χ1n) is 5.37. The summed E-state index contributed by atoms with van der Waals surface area (Å²) in [5.41, 5.74) is 0. The Labute approximate surface area is 94.6 Å². The van der Waals surface area contributed by atoms with Gasteiger partial charge in [0, 0.05) is 26.6 Å². The highest BCUT2D eigenvalue weighted by atomic mass is 16.5. The van der Waals surface area contributed by atoms with Crippen LogP contribution in [0.25, 0.3) is 0 Å². The molecule has 2 amide bonds. The maximum atomic E-state index is 11.9. The van der Waals surface area contributed by atoms with Gasteiger partial charge in [0.15, 0.2) is 0 Å². The van der Waals surface area contributed by atoms with E-state index in [1.165, 1.54) is 4.90 Å². The molecule has 0 saturated carbocycles. The second kappa shape index (κ2) is 6.44. The number of amides is 2. The van der Waals surface area contributed by atoms with Gasteiger partial charge in [-0.15, -0.1) is 0 Å². The topological polar surface area (TPSA) is 78.9 Å². The Bertz CT molecular complexity index is 257. The molecule has 0 spiro atoms. The van der Waals surface area contributed by atoms with Gasteiger partial charge >= 0.3 is 0 Å². The van der Waals surface area contributed by atoms with Crippen LogP contribution in [-0.4, -0.2) is 61.3 Å². The van der Waals surface area contributed by atoms with Crippen LogP contribution in [0.3, 0.4) is 0 Å². The molecule has 1 aliphatic rings. The summed E-state index contributed by atoms with van der Waals surface area (Å²) in [5.74, 6) is -0.231. The number of nitrogens with one attached hydrogen (secondary N) is 1. The van der Waals surface area contributed by atoms with Crippen LogP contribution in [0.15, 0.2) is 0 Å². The molecule has 16 heavy (non-hydrogen) atoms. The first kappa shape index (κ1) is 12.9. The van der Waals surface area contributed by atoms with Crippen molar-refractivity contribution in [2.24, 2.45) is 0 Å². The number of ether oxygens (including phenoxy) is 1. The van der Waals surface area contributed by atoms with E-state index in [2.05, 4.69) is 5.32 Å². The van der Waals surface area contributed by atoms with E-state index in [0.717, 1.165) is 0 Å². The fourth-order valence-electron chi connectivity index (χ4n) is 1.67. The fraction of sp³-hybridized carbons (Fsp3) is 0.800. The van der Waals surface area contributed by atoms with Gasteiger partial charge in [0.05, 0.1) is 13.2 Å². The monoisotopic (exact) mass is 230 g/mol. The van der Waals surface area contributed by atoms with Gasteiger partial charge in [0.2, 0.25) is 11.8 Å². The number of aliphatic hydroxyl groups is 1. The van der Waals surface area contributed by atoms with Crippen molar-refractivity contribution >= 4 is 11.8 Å². The summed E-state index contributed by atoms with van der Waals surface area (Å²) in [6.07, 6.45) is 0.931. The third-order valence-corrected chi connectivity index (χ3v) is 2.54. The molecule has 0 bridgehead atoms. The van der Waals surface area contributed by atoms with Gasteiger partial charge in [0.1, 0.15) is 6.04 Å². The number of carbonyl (C=O) groups is 2. The molecule has 0 unspecified atom stereocenters. The number of nitrogens with zero attached hydrogens (tertiary/aromatic N) is 1. The van der Waals surface area contributed by atoms with Crippen molar-refractivity contribution in [2.45, 2.75) is 18.9 Å². The Balaban J connectivity index is 2.48. The van der Waals surface area contributed by atoms with Crippen LogP contribution in [0.4, 0.5) is 0 Å². The minimum Gasteiger partial charge on any atom is -0.395 e. The summed E-state index contributed by atoms with van der Waals surface area (Å²) in [6.45, 7) is 1.04. The Morgan fingerprint density at radius 3 is 2.88 bits per heavy atom. The van der Waals surface area contributed by atoms with Gasteiger partial charge in [-0.2, -0.15) is 0 Å². The molecular formula is C10H18N2O4. The first-order chi connectivity index (χ1) is 7.69. The summed E-state index contributed by atoms with van der Waals surface area (Å²) >= 11 is 0. The van der Waals surface area contributed by atoms with Crippen LogP contribution in [0.5, 0.6) is 0 Å². The molecule has 0 radical (unpaired) electrons. The summed E-state index contributed by atoms with van der Waals surface area (Å²) in [5, 5.41) is 11.5. The fourth-order valence-corrected chi connectivity index (χ4v) is 1.67. The lowest BCUT2D eigenvalue weighted by Crippen LogP contribution is -2.46. The molecular weight excluding hydrogens is 212 g/mol. The van der Waals surface area contributed by atoms with Gasteiger partial charge in [0.25, 0.3) is 0 Å². The predicted molar refractivity (Wildman–Crippen MR) is 56.7 cm³/mol. The zero-order chi connectivity index (χ0) is 12.0. The number of carbonyl (C=O) groups excluding carboxylic acids is 2. The quantitative estimate of drug-likeness (QED) is 0.596. The van der Waals surface area contributed by atoms with E-state index < -0.39 is 6.04 Å². The van der Waals surface area contributed by atoms with Crippen molar-refractivity contribution in [1.82, 2.24) is 10.2 Å². The lowest BCUT2D eigenvalue weighted by Gasteiger charge is -2.24. The van der Waals surface area contributed by atoms with Crippen LogP contribution < -0.4 is 5.32 Å². The molecule has 0 aromatic heterocycles. The standard InChI is InChI=1S/C10H18N2O4/c1-16-7-5-12(4-6-13)10(15)8-2-3-9(14)11-8/h8,13H,2-7H2,1H3,(H,11,14)/t8-/m0/s1. The van der Waals surface area contributed by atoms with Crippen molar-refractivity contribution in [2.75, 3.05) is 33.4 Å². The highest BCUT2D eigenvalue weighted by Crippen LogP contribution is 2.09. The maximum Gasteiger partial charge on any atom is 0.245 e. The molecule has 6 nitrogen and oxygen atoms in total. The van der Waals surface area contributed by atoms with E-state index in [0.29, 0.717) is 26.0 Å². The van der Waals surface area contributed by atoms with Crippen molar-refractivity contribution in [3.63, 3.8) is 0 Å². The van der Waals surface area contributed by atoms with Crippen LogP contribution >= 0.6 is 0 Å². The van der Waals surface area contributed by atoms with E-state index in [1.807, 2.05) is 0 Å². The Morgan fingerprint density at radius 1 is 1.62 bits per heavy atom. The van der Waals surface area contributed by atoms with Crippen molar-refractivity contribution in [3.8, 4) is 0 Å². The molecule has 1 saturated heterocycles. The van der Waals surface area contributed by atoms with E-state index in [4.69, 9.17) is 9.84 Å². The lowest BCUT2D eigenvalue weighted by molar-refractivity contribution is -0.135. The highest BCUT2D eigenvalue weighted by Gasteiger charge is 2.30. The summed E-state index contributed by atoms with van der Waals surface area (Å²) in [4.78, 5) is 24.4. The molecule has 1 aliphatic heterocycles. The SMILES string of the molecule is COCCN(CCO)C(=O)[C@@H]1CCC(=O)N1. The summed E-state index contributed by atoms with van der Waals surface area (Å²) in [7, 11) is 1.55. The van der Waals surface area contributed by atoms with E-state index in [1.54, 1.807) is 7.11 Å². The van der Waals surface area contributed by atoms with Crippen molar-refractivity contribution in [1.29, 1.82) is 0 Å². The number of methoxy groups -OCH3 is 1. The molecule has 1 rings (SSSR count). The minimum absolute atomic E-state index is 0.0872. The first-order valence-corrected chi connectivity index (χ1v) is 5.37. The average molecular weight is 230 g/mol. The number of aliphatic hydroxyl groups excluding tert-OH is 1. The predicted octanol–water partition coefficient (Wildman–Crippen LogP) is -1.27. The number of hydrogen-bond acceptors (Lipinski definition) is 4. The average Bonchev–Trinajstić information content (AvgIpc) is 2.70. The molecule has 1 atom stereocenters. The van der Waals surface area contributed by atoms with E-state index >= 15 is 0 Å². The van der Waals surface area contributed by atoms with Crippen molar-refractivity contribution < 1.29 is 19.4 Å². The third-order valence-electron chi connectivity index (χ3n) is 2.54. The Hall–Kier alpha value is -1.14.